The number of hydrogen-bond acceptors (Lipinski definition) is 15. The zero-order valence-corrected chi connectivity index (χ0v) is 64.8. The molecule has 5 atom stereocenters. The summed E-state index contributed by atoms with van der Waals surface area (Å²) in [7, 11) is -9.93. The van der Waals surface area contributed by atoms with Gasteiger partial charge in [-0.15, -0.1) is 0 Å². The maximum absolute atomic E-state index is 13.1. The Bertz CT molecular complexity index is 2000. The number of hydrogen-bond donors (Lipinski definition) is 3. The zero-order chi connectivity index (χ0) is 71.8. The van der Waals surface area contributed by atoms with Crippen molar-refractivity contribution in [3.8, 4) is 0 Å². The number of phosphoric ester groups is 2. The molecule has 576 valence electrons. The molecule has 0 aliphatic carbocycles. The molecular formula is C79H148O17P2. The van der Waals surface area contributed by atoms with Gasteiger partial charge < -0.3 is 33.8 Å². The lowest BCUT2D eigenvalue weighted by Crippen LogP contribution is -2.30. The number of unbranched alkanes of at least 4 members (excludes halogenated alkanes) is 45. The number of allylic oxidation sites excluding steroid dienone is 6. The van der Waals surface area contributed by atoms with Crippen LogP contribution < -0.4 is 0 Å². The molecule has 0 fully saturated rings. The number of phosphoric acid groups is 2. The minimum Gasteiger partial charge on any atom is -0.462 e. The van der Waals surface area contributed by atoms with Gasteiger partial charge in [0.25, 0.3) is 0 Å². The van der Waals surface area contributed by atoms with Gasteiger partial charge in [0.15, 0.2) is 12.2 Å². The van der Waals surface area contributed by atoms with E-state index in [1.165, 1.54) is 180 Å². The van der Waals surface area contributed by atoms with Crippen molar-refractivity contribution in [2.75, 3.05) is 39.6 Å². The van der Waals surface area contributed by atoms with Crippen LogP contribution in [0.5, 0.6) is 0 Å². The fraction of sp³-hybridized carbons (Fsp3) is 0.873. The summed E-state index contributed by atoms with van der Waals surface area (Å²) < 4.78 is 68.6. The molecule has 0 amide bonds. The van der Waals surface area contributed by atoms with Gasteiger partial charge in [0.1, 0.15) is 19.3 Å². The molecule has 0 aliphatic heterocycles. The van der Waals surface area contributed by atoms with E-state index < -0.39 is 97.5 Å². The first-order valence-electron chi connectivity index (χ1n) is 40.2. The van der Waals surface area contributed by atoms with E-state index in [1.54, 1.807) is 0 Å². The highest BCUT2D eigenvalue weighted by molar-refractivity contribution is 7.47. The minimum atomic E-state index is -4.97. The summed E-state index contributed by atoms with van der Waals surface area (Å²) in [5.41, 5.74) is 0. The van der Waals surface area contributed by atoms with Crippen LogP contribution in [0.1, 0.15) is 387 Å². The van der Waals surface area contributed by atoms with Crippen LogP contribution in [0.3, 0.4) is 0 Å². The number of carbonyl (C=O) groups is 4. The Morgan fingerprint density at radius 2 is 0.500 bits per heavy atom. The summed E-state index contributed by atoms with van der Waals surface area (Å²) in [5, 5.41) is 10.6. The monoisotopic (exact) mass is 1430 g/mol. The third-order valence-electron chi connectivity index (χ3n) is 17.6. The lowest BCUT2D eigenvalue weighted by atomic mass is 10.0. The Morgan fingerprint density at radius 1 is 0.286 bits per heavy atom. The standard InChI is InChI=1S/C79H148O17P2/c1-5-9-13-17-21-25-29-33-36-40-44-48-52-56-60-64-77(82)90-70-75(96-79(84)66-62-58-54-50-46-42-38-35-31-27-23-19-15-11-7-3)72-94-98(87,88)92-68-73(80)67-91-97(85,86)93-71-74(69-89-76(81)63-59-55-51-47-43-39-32-28-24-20-16-12-8-4)95-78(83)65-61-57-53-49-45-41-37-34-30-26-22-18-14-10-6-2/h22,26,33-34,36-37,73-75,80H,5-21,23-25,27-32,35,38-72H2,1-4H3,(H,85,86)(H,87,88)/b26-22-,36-33-,37-34-/t73-,74-,75-/m1/s1. The van der Waals surface area contributed by atoms with E-state index in [2.05, 4.69) is 64.2 Å². The molecule has 17 nitrogen and oxygen atoms in total. The summed E-state index contributed by atoms with van der Waals surface area (Å²) in [6.45, 7) is 4.92. The SMILES string of the molecule is CCCCC/C=C\C/C=C\CCCCCCCC(=O)O[C@H](COC(=O)CCCCCCCCCCCCCCC)COP(=O)(O)OC[C@@H](O)COP(=O)(O)OC[C@@H](COC(=O)CCCCCCC/C=C\CCCCCCCC)OC(=O)CCCCCCCCCCCCCCCCC. The van der Waals surface area contributed by atoms with E-state index in [0.717, 1.165) is 128 Å². The Balaban J connectivity index is 5.32. The molecular weight excluding hydrogens is 1280 g/mol. The lowest BCUT2D eigenvalue weighted by Gasteiger charge is -2.21. The van der Waals surface area contributed by atoms with Crippen LogP contribution in [0, 0.1) is 0 Å². The fourth-order valence-electron chi connectivity index (χ4n) is 11.4. The van der Waals surface area contributed by atoms with Gasteiger partial charge in [-0.05, 0) is 83.5 Å². The summed E-state index contributed by atoms with van der Waals surface area (Å²) in [6, 6.07) is 0. The van der Waals surface area contributed by atoms with Gasteiger partial charge in [0.2, 0.25) is 0 Å². The van der Waals surface area contributed by atoms with Crippen LogP contribution in [0.25, 0.3) is 0 Å². The first-order chi connectivity index (χ1) is 47.7. The molecule has 0 saturated carbocycles. The van der Waals surface area contributed by atoms with E-state index in [0.29, 0.717) is 25.7 Å². The molecule has 0 bridgehead atoms. The largest absolute Gasteiger partial charge is 0.472 e. The Labute approximate surface area is 598 Å². The summed E-state index contributed by atoms with van der Waals surface area (Å²) in [6.07, 6.45) is 68.3. The first kappa shape index (κ1) is 95.3. The van der Waals surface area contributed by atoms with Gasteiger partial charge in [-0.1, -0.05) is 315 Å². The topological polar surface area (TPSA) is 237 Å². The number of carbonyl (C=O) groups excluding carboxylic acids is 4. The number of ether oxygens (including phenoxy) is 4. The van der Waals surface area contributed by atoms with Crippen molar-refractivity contribution in [1.29, 1.82) is 0 Å². The van der Waals surface area contributed by atoms with Gasteiger partial charge >= 0.3 is 39.5 Å². The molecule has 0 spiro atoms. The van der Waals surface area contributed by atoms with E-state index in [9.17, 15) is 43.2 Å². The average Bonchev–Trinajstić information content (AvgIpc) is 1.05. The molecule has 2 unspecified atom stereocenters. The molecule has 0 aromatic heterocycles. The maximum atomic E-state index is 13.1. The minimum absolute atomic E-state index is 0.0862. The highest BCUT2D eigenvalue weighted by Gasteiger charge is 2.30. The summed E-state index contributed by atoms with van der Waals surface area (Å²) in [4.78, 5) is 72.9. The quantitative estimate of drug-likeness (QED) is 0.0169. The molecule has 98 heavy (non-hydrogen) atoms. The van der Waals surface area contributed by atoms with Crippen molar-refractivity contribution in [2.45, 2.75) is 406 Å². The maximum Gasteiger partial charge on any atom is 0.472 e. The number of aliphatic hydroxyl groups is 1. The van der Waals surface area contributed by atoms with Crippen molar-refractivity contribution < 1.29 is 80.2 Å². The van der Waals surface area contributed by atoms with Gasteiger partial charge in [-0.25, -0.2) is 9.13 Å². The van der Waals surface area contributed by atoms with Crippen molar-refractivity contribution >= 4 is 39.5 Å². The molecule has 19 heteroatoms. The van der Waals surface area contributed by atoms with Gasteiger partial charge in [-0.2, -0.15) is 0 Å². The van der Waals surface area contributed by atoms with Crippen LogP contribution in [0.2, 0.25) is 0 Å². The Morgan fingerprint density at radius 3 is 0.786 bits per heavy atom. The number of rotatable bonds is 77. The van der Waals surface area contributed by atoms with Crippen LogP contribution in [-0.2, 0) is 65.4 Å². The second kappa shape index (κ2) is 72.6. The molecule has 0 aromatic rings. The van der Waals surface area contributed by atoms with Crippen molar-refractivity contribution in [3.63, 3.8) is 0 Å². The van der Waals surface area contributed by atoms with Gasteiger partial charge in [-0.3, -0.25) is 37.3 Å². The summed E-state index contributed by atoms with van der Waals surface area (Å²) in [5.74, 6) is -2.15. The molecule has 0 radical (unpaired) electrons. The fourth-order valence-corrected chi connectivity index (χ4v) is 13.0. The highest BCUT2D eigenvalue weighted by Crippen LogP contribution is 2.45. The van der Waals surface area contributed by atoms with Gasteiger partial charge in [0.05, 0.1) is 26.4 Å². The first-order valence-corrected chi connectivity index (χ1v) is 43.2. The predicted octanol–water partition coefficient (Wildman–Crippen LogP) is 23.1. The normalized spacial score (nSPS) is 14.1. The third-order valence-corrected chi connectivity index (χ3v) is 19.5. The molecule has 0 heterocycles. The van der Waals surface area contributed by atoms with Crippen molar-refractivity contribution in [2.24, 2.45) is 0 Å². The van der Waals surface area contributed by atoms with Crippen molar-refractivity contribution in [3.05, 3.63) is 36.5 Å². The Hall–Kier alpha value is -2.72. The molecule has 3 N–H and O–H groups in total. The van der Waals surface area contributed by atoms with Crippen LogP contribution in [0.15, 0.2) is 36.5 Å². The number of esters is 4. The van der Waals surface area contributed by atoms with Crippen molar-refractivity contribution in [1.82, 2.24) is 0 Å². The second-order valence-electron chi connectivity index (χ2n) is 27.4. The molecule has 0 aromatic carbocycles. The van der Waals surface area contributed by atoms with Crippen LogP contribution in [-0.4, -0.2) is 96.7 Å². The van der Waals surface area contributed by atoms with Gasteiger partial charge in [0, 0.05) is 25.7 Å². The summed E-state index contributed by atoms with van der Waals surface area (Å²) >= 11 is 0. The third kappa shape index (κ3) is 71.7. The highest BCUT2D eigenvalue weighted by atomic mass is 31.2. The van der Waals surface area contributed by atoms with E-state index in [1.807, 2.05) is 0 Å². The lowest BCUT2D eigenvalue weighted by molar-refractivity contribution is -0.161. The number of aliphatic hydroxyl groups excluding tert-OH is 1. The van der Waals surface area contributed by atoms with E-state index in [4.69, 9.17) is 37.0 Å². The van der Waals surface area contributed by atoms with E-state index >= 15 is 0 Å². The molecule has 0 aliphatic rings. The van der Waals surface area contributed by atoms with Crippen LogP contribution >= 0.6 is 15.6 Å². The molecule has 0 rings (SSSR count). The average molecular weight is 1430 g/mol. The second-order valence-corrected chi connectivity index (χ2v) is 30.3. The van der Waals surface area contributed by atoms with Crippen LogP contribution in [0.4, 0.5) is 0 Å². The predicted molar refractivity (Wildman–Crippen MR) is 400 cm³/mol. The smallest absolute Gasteiger partial charge is 0.462 e. The van der Waals surface area contributed by atoms with E-state index in [-0.39, 0.29) is 25.7 Å². The Kier molecular flexibility index (Phi) is 70.6. The zero-order valence-electron chi connectivity index (χ0n) is 63.0. The molecule has 0 saturated heterocycles.